The second-order valence-corrected chi connectivity index (χ2v) is 3.84. The van der Waals surface area contributed by atoms with Gasteiger partial charge in [-0.1, -0.05) is 12.2 Å². The molecule has 6 nitrogen and oxygen atoms in total. The Morgan fingerprint density at radius 3 is 3.00 bits per heavy atom. The zero-order valence-electron chi connectivity index (χ0n) is 7.91. The highest BCUT2D eigenvalue weighted by molar-refractivity contribution is 7.80. The fourth-order valence-electron chi connectivity index (χ4n) is 1.13. The first-order valence-electron chi connectivity index (χ1n) is 4.57. The number of carbonyl (C=O) groups is 1. The molecular weight excluding hydrogens is 214 g/mol. The number of anilines is 1. The molecule has 0 radical (unpaired) electrons. The Labute approximate surface area is 91.6 Å². The molecule has 1 aliphatic carbocycles. The molecule has 0 saturated heterocycles. The smallest absolute Gasteiger partial charge is 0.320 e. The van der Waals surface area contributed by atoms with E-state index in [4.69, 9.17) is 18.0 Å². The van der Waals surface area contributed by atoms with Gasteiger partial charge < -0.3 is 11.1 Å². The van der Waals surface area contributed by atoms with Gasteiger partial charge in [-0.05, 0) is 12.8 Å². The van der Waals surface area contributed by atoms with Gasteiger partial charge in [-0.3, -0.25) is 10.4 Å². The van der Waals surface area contributed by atoms with Crippen LogP contribution in [0.4, 0.5) is 10.6 Å². The molecule has 7 heteroatoms. The van der Waals surface area contributed by atoms with E-state index in [1.54, 1.807) is 0 Å². The summed E-state index contributed by atoms with van der Waals surface area (Å²) < 4.78 is 0. The summed E-state index contributed by atoms with van der Waals surface area (Å²) in [6.07, 6.45) is 3.56. The van der Waals surface area contributed by atoms with Gasteiger partial charge >= 0.3 is 6.03 Å². The normalized spacial score (nSPS) is 14.7. The number of carbonyl (C=O) groups excluding carboxylic acids is 1. The summed E-state index contributed by atoms with van der Waals surface area (Å²) in [6, 6.07) is 0.0421. The van der Waals surface area contributed by atoms with Crippen LogP contribution in [0.5, 0.6) is 0 Å². The SMILES string of the molecule is NC(=S)c1cn[nH]c1NC(=O)NC1CC1. The van der Waals surface area contributed by atoms with Crippen LogP contribution in [0.2, 0.25) is 0 Å². The van der Waals surface area contributed by atoms with Crippen LogP contribution in [0, 0.1) is 0 Å². The molecule has 0 aromatic carbocycles. The molecule has 1 aromatic heterocycles. The van der Waals surface area contributed by atoms with E-state index in [2.05, 4.69) is 20.8 Å². The van der Waals surface area contributed by atoms with Crippen LogP contribution < -0.4 is 16.4 Å². The molecule has 0 aliphatic heterocycles. The Balaban J connectivity index is 1.99. The van der Waals surface area contributed by atoms with Gasteiger partial charge in [0.1, 0.15) is 10.8 Å². The third kappa shape index (κ3) is 2.44. The van der Waals surface area contributed by atoms with Crippen molar-refractivity contribution in [1.82, 2.24) is 15.5 Å². The molecule has 80 valence electrons. The zero-order chi connectivity index (χ0) is 10.8. The van der Waals surface area contributed by atoms with Crippen molar-refractivity contribution in [1.29, 1.82) is 0 Å². The molecule has 0 atom stereocenters. The zero-order valence-corrected chi connectivity index (χ0v) is 8.73. The number of H-pyrrole nitrogens is 1. The van der Waals surface area contributed by atoms with E-state index in [9.17, 15) is 4.79 Å². The van der Waals surface area contributed by atoms with Crippen molar-refractivity contribution < 1.29 is 4.79 Å². The third-order valence-corrected chi connectivity index (χ3v) is 2.28. The number of aromatic nitrogens is 2. The van der Waals surface area contributed by atoms with Gasteiger partial charge in [-0.25, -0.2) is 4.79 Å². The van der Waals surface area contributed by atoms with Crippen molar-refractivity contribution in [2.45, 2.75) is 18.9 Å². The van der Waals surface area contributed by atoms with Gasteiger partial charge in [-0.2, -0.15) is 5.10 Å². The van der Waals surface area contributed by atoms with Gasteiger partial charge in [0.05, 0.1) is 11.8 Å². The van der Waals surface area contributed by atoms with Crippen molar-refractivity contribution in [3.05, 3.63) is 11.8 Å². The van der Waals surface area contributed by atoms with Crippen molar-refractivity contribution in [2.75, 3.05) is 5.32 Å². The number of thiocarbonyl (C=S) groups is 1. The molecule has 1 fully saturated rings. The molecule has 2 amide bonds. The maximum absolute atomic E-state index is 11.4. The molecule has 1 heterocycles. The van der Waals surface area contributed by atoms with Crippen molar-refractivity contribution in [3.8, 4) is 0 Å². The van der Waals surface area contributed by atoms with E-state index in [1.807, 2.05) is 0 Å². The van der Waals surface area contributed by atoms with Gasteiger partial charge in [0.15, 0.2) is 0 Å². The predicted molar refractivity (Wildman–Crippen MR) is 59.7 cm³/mol. The van der Waals surface area contributed by atoms with E-state index < -0.39 is 0 Å². The first kappa shape index (κ1) is 9.91. The highest BCUT2D eigenvalue weighted by Crippen LogP contribution is 2.19. The minimum Gasteiger partial charge on any atom is -0.389 e. The lowest BCUT2D eigenvalue weighted by molar-refractivity contribution is 0.251. The number of hydrogen-bond donors (Lipinski definition) is 4. The Hall–Kier alpha value is -1.63. The van der Waals surface area contributed by atoms with Gasteiger partial charge in [-0.15, -0.1) is 0 Å². The van der Waals surface area contributed by atoms with Crippen LogP contribution in [-0.2, 0) is 0 Å². The third-order valence-electron chi connectivity index (χ3n) is 2.06. The lowest BCUT2D eigenvalue weighted by atomic mass is 10.3. The fraction of sp³-hybridized carbons (Fsp3) is 0.375. The Kier molecular flexibility index (Phi) is 2.55. The molecule has 0 spiro atoms. The number of urea groups is 1. The van der Waals surface area contributed by atoms with Crippen LogP contribution in [0.1, 0.15) is 18.4 Å². The molecule has 1 aliphatic rings. The van der Waals surface area contributed by atoms with E-state index in [0.717, 1.165) is 12.8 Å². The quantitative estimate of drug-likeness (QED) is 0.557. The Morgan fingerprint density at radius 1 is 1.67 bits per heavy atom. The highest BCUT2D eigenvalue weighted by atomic mass is 32.1. The summed E-state index contributed by atoms with van der Waals surface area (Å²) in [7, 11) is 0. The molecule has 1 aromatic rings. The summed E-state index contributed by atoms with van der Waals surface area (Å²) in [5, 5.41) is 11.8. The van der Waals surface area contributed by atoms with Gasteiger partial charge in [0.25, 0.3) is 0 Å². The van der Waals surface area contributed by atoms with E-state index in [-0.39, 0.29) is 11.0 Å². The Bertz CT molecular complexity index is 397. The average molecular weight is 225 g/mol. The van der Waals surface area contributed by atoms with Crippen LogP contribution in [-0.4, -0.2) is 27.3 Å². The van der Waals surface area contributed by atoms with Crippen molar-refractivity contribution in [2.24, 2.45) is 5.73 Å². The molecule has 0 bridgehead atoms. The summed E-state index contributed by atoms with van der Waals surface area (Å²) in [6.45, 7) is 0. The average Bonchev–Trinajstić information content (AvgIpc) is 2.82. The minimum absolute atomic E-state index is 0.200. The van der Waals surface area contributed by atoms with Crippen LogP contribution >= 0.6 is 12.2 Å². The molecule has 0 unspecified atom stereocenters. The number of rotatable bonds is 3. The number of nitrogens with one attached hydrogen (secondary N) is 3. The lowest BCUT2D eigenvalue weighted by Gasteiger charge is -2.05. The molecule has 2 rings (SSSR count). The standard InChI is InChI=1S/C8H11N5OS/c9-6(15)5-3-10-13-7(5)12-8(14)11-4-1-2-4/h3-4H,1-2H2,(H2,9,15)(H3,10,11,12,13,14). The largest absolute Gasteiger partial charge is 0.389 e. The van der Waals surface area contributed by atoms with Crippen LogP contribution in [0.25, 0.3) is 0 Å². The monoisotopic (exact) mass is 225 g/mol. The molecule has 15 heavy (non-hydrogen) atoms. The summed E-state index contributed by atoms with van der Waals surface area (Å²) in [5.41, 5.74) is 5.99. The molecular formula is C8H11N5OS. The summed E-state index contributed by atoms with van der Waals surface area (Å²) >= 11 is 4.80. The second kappa shape index (κ2) is 3.85. The van der Waals surface area contributed by atoms with Crippen molar-refractivity contribution in [3.63, 3.8) is 0 Å². The summed E-state index contributed by atoms with van der Waals surface area (Å²) in [4.78, 5) is 11.6. The minimum atomic E-state index is -0.265. The molecule has 1 saturated carbocycles. The maximum atomic E-state index is 11.4. The fourth-order valence-corrected chi connectivity index (χ4v) is 1.29. The maximum Gasteiger partial charge on any atom is 0.320 e. The lowest BCUT2D eigenvalue weighted by Crippen LogP contribution is -2.31. The highest BCUT2D eigenvalue weighted by Gasteiger charge is 2.23. The van der Waals surface area contributed by atoms with Crippen LogP contribution in [0.15, 0.2) is 6.20 Å². The van der Waals surface area contributed by atoms with E-state index >= 15 is 0 Å². The number of aromatic amines is 1. The van der Waals surface area contributed by atoms with E-state index in [1.165, 1.54) is 6.20 Å². The number of nitrogens with two attached hydrogens (primary N) is 1. The van der Waals surface area contributed by atoms with Crippen molar-refractivity contribution >= 4 is 29.1 Å². The summed E-state index contributed by atoms with van der Waals surface area (Å²) in [5.74, 6) is 0.431. The number of hydrogen-bond acceptors (Lipinski definition) is 3. The topological polar surface area (TPSA) is 95.8 Å². The van der Waals surface area contributed by atoms with E-state index in [0.29, 0.717) is 17.4 Å². The Morgan fingerprint density at radius 2 is 2.40 bits per heavy atom. The first-order valence-corrected chi connectivity index (χ1v) is 4.98. The number of amides is 2. The van der Waals surface area contributed by atoms with Gasteiger partial charge in [0.2, 0.25) is 0 Å². The first-order chi connectivity index (χ1) is 7.16. The predicted octanol–water partition coefficient (Wildman–Crippen LogP) is 0.328. The molecule has 5 N–H and O–H groups in total. The second-order valence-electron chi connectivity index (χ2n) is 3.40. The van der Waals surface area contributed by atoms with Gasteiger partial charge in [0, 0.05) is 6.04 Å². The van der Waals surface area contributed by atoms with Crippen LogP contribution in [0.3, 0.4) is 0 Å². The number of nitrogens with zero attached hydrogens (tertiary/aromatic N) is 1.